The lowest BCUT2D eigenvalue weighted by Crippen LogP contribution is -2.38. The molecule has 0 aliphatic carbocycles. The summed E-state index contributed by atoms with van der Waals surface area (Å²) < 4.78 is 10.5. The predicted molar refractivity (Wildman–Crippen MR) is 75.0 cm³/mol. The van der Waals surface area contributed by atoms with E-state index in [9.17, 15) is 0 Å². The van der Waals surface area contributed by atoms with E-state index in [-0.39, 0.29) is 6.10 Å². The minimum Gasteiger partial charge on any atom is -0.382 e. The molecule has 4 heteroatoms. The zero-order valence-electron chi connectivity index (χ0n) is 12.3. The van der Waals surface area contributed by atoms with Gasteiger partial charge < -0.3 is 19.7 Å². The number of methoxy groups -OCH3 is 2. The molecule has 0 radical (unpaired) electrons. The van der Waals surface area contributed by atoms with E-state index < -0.39 is 0 Å². The SMILES string of the molecule is CCCN1CCCC(NCC(COC)OC)CC1. The summed E-state index contributed by atoms with van der Waals surface area (Å²) in [6, 6.07) is 0.640. The van der Waals surface area contributed by atoms with Gasteiger partial charge in [0.1, 0.15) is 0 Å². The average molecular weight is 258 g/mol. The lowest BCUT2D eigenvalue weighted by molar-refractivity contribution is 0.0271. The van der Waals surface area contributed by atoms with Gasteiger partial charge in [-0.05, 0) is 45.3 Å². The van der Waals surface area contributed by atoms with Crippen molar-refractivity contribution in [2.24, 2.45) is 0 Å². The fourth-order valence-corrected chi connectivity index (χ4v) is 2.59. The monoisotopic (exact) mass is 258 g/mol. The summed E-state index contributed by atoms with van der Waals surface area (Å²) in [6.45, 7) is 7.55. The van der Waals surface area contributed by atoms with Crippen LogP contribution in [0.1, 0.15) is 32.6 Å². The topological polar surface area (TPSA) is 33.7 Å². The van der Waals surface area contributed by atoms with Gasteiger partial charge in [-0.3, -0.25) is 0 Å². The molecule has 1 rings (SSSR count). The fourth-order valence-electron chi connectivity index (χ4n) is 2.59. The van der Waals surface area contributed by atoms with Crippen molar-refractivity contribution in [2.45, 2.75) is 44.8 Å². The number of hydrogen-bond donors (Lipinski definition) is 1. The highest BCUT2D eigenvalue weighted by molar-refractivity contribution is 4.76. The molecule has 1 heterocycles. The summed E-state index contributed by atoms with van der Waals surface area (Å²) in [7, 11) is 3.47. The van der Waals surface area contributed by atoms with Crippen LogP contribution < -0.4 is 5.32 Å². The predicted octanol–water partition coefficient (Wildman–Crippen LogP) is 1.50. The quantitative estimate of drug-likeness (QED) is 0.715. The van der Waals surface area contributed by atoms with Gasteiger partial charge in [0.25, 0.3) is 0 Å². The van der Waals surface area contributed by atoms with Crippen LogP contribution >= 0.6 is 0 Å². The molecule has 0 saturated carbocycles. The summed E-state index contributed by atoms with van der Waals surface area (Å²) >= 11 is 0. The van der Waals surface area contributed by atoms with Crippen LogP contribution in [-0.4, -0.2) is 64.1 Å². The first kappa shape index (κ1) is 15.9. The van der Waals surface area contributed by atoms with Crippen LogP contribution in [0.15, 0.2) is 0 Å². The van der Waals surface area contributed by atoms with Crippen LogP contribution in [0.2, 0.25) is 0 Å². The Kier molecular flexibility index (Phi) is 8.59. The molecule has 0 spiro atoms. The van der Waals surface area contributed by atoms with Gasteiger partial charge in [-0.1, -0.05) is 6.92 Å². The number of ether oxygens (including phenoxy) is 2. The molecule has 4 nitrogen and oxygen atoms in total. The lowest BCUT2D eigenvalue weighted by atomic mass is 10.1. The van der Waals surface area contributed by atoms with Crippen LogP contribution in [0.4, 0.5) is 0 Å². The van der Waals surface area contributed by atoms with E-state index in [1.807, 2.05) is 0 Å². The van der Waals surface area contributed by atoms with E-state index in [1.165, 1.54) is 45.3 Å². The highest BCUT2D eigenvalue weighted by Crippen LogP contribution is 2.11. The number of hydrogen-bond acceptors (Lipinski definition) is 4. The van der Waals surface area contributed by atoms with Crippen molar-refractivity contribution in [3.05, 3.63) is 0 Å². The van der Waals surface area contributed by atoms with Crippen molar-refractivity contribution in [1.82, 2.24) is 10.2 Å². The number of nitrogens with zero attached hydrogens (tertiary/aromatic N) is 1. The molecule has 18 heavy (non-hydrogen) atoms. The van der Waals surface area contributed by atoms with Crippen LogP contribution in [0, 0.1) is 0 Å². The zero-order chi connectivity index (χ0) is 13.2. The summed E-state index contributed by atoms with van der Waals surface area (Å²) in [5, 5.41) is 3.63. The number of nitrogens with one attached hydrogen (secondary N) is 1. The maximum Gasteiger partial charge on any atom is 0.0928 e. The van der Waals surface area contributed by atoms with Crippen LogP contribution in [0.3, 0.4) is 0 Å². The first-order chi connectivity index (χ1) is 8.80. The third-order valence-electron chi connectivity index (χ3n) is 3.68. The third-order valence-corrected chi connectivity index (χ3v) is 3.68. The van der Waals surface area contributed by atoms with Gasteiger partial charge in [-0.25, -0.2) is 0 Å². The maximum absolute atomic E-state index is 5.37. The average Bonchev–Trinajstić information content (AvgIpc) is 2.60. The molecule has 108 valence electrons. The molecule has 1 N–H and O–H groups in total. The van der Waals surface area contributed by atoms with Crippen LogP contribution in [0.25, 0.3) is 0 Å². The largest absolute Gasteiger partial charge is 0.382 e. The molecule has 0 bridgehead atoms. The molecule has 1 fully saturated rings. The zero-order valence-corrected chi connectivity index (χ0v) is 12.3. The molecule has 0 aromatic rings. The molecule has 1 aliphatic rings. The van der Waals surface area contributed by atoms with E-state index in [0.29, 0.717) is 12.6 Å². The van der Waals surface area contributed by atoms with Crippen LogP contribution in [-0.2, 0) is 9.47 Å². The van der Waals surface area contributed by atoms with Crippen LogP contribution in [0.5, 0.6) is 0 Å². The molecule has 0 aromatic heterocycles. The van der Waals surface area contributed by atoms with Gasteiger partial charge in [0.05, 0.1) is 12.7 Å². The van der Waals surface area contributed by atoms with Gasteiger partial charge in [-0.2, -0.15) is 0 Å². The van der Waals surface area contributed by atoms with Gasteiger partial charge in [0.15, 0.2) is 0 Å². The van der Waals surface area contributed by atoms with E-state index in [2.05, 4.69) is 17.1 Å². The Hall–Kier alpha value is -0.160. The minimum absolute atomic E-state index is 0.171. The third kappa shape index (κ3) is 6.14. The summed E-state index contributed by atoms with van der Waals surface area (Å²) in [4.78, 5) is 2.59. The smallest absolute Gasteiger partial charge is 0.0928 e. The molecular formula is C14H30N2O2. The van der Waals surface area contributed by atoms with E-state index >= 15 is 0 Å². The highest BCUT2D eigenvalue weighted by atomic mass is 16.5. The normalized spacial score (nSPS) is 23.8. The Bertz CT molecular complexity index is 202. The summed E-state index contributed by atoms with van der Waals surface area (Å²) in [5.41, 5.74) is 0. The Morgan fingerprint density at radius 2 is 2.11 bits per heavy atom. The maximum atomic E-state index is 5.37. The molecule has 0 aromatic carbocycles. The van der Waals surface area contributed by atoms with Gasteiger partial charge in [0.2, 0.25) is 0 Å². The van der Waals surface area contributed by atoms with Crippen molar-refractivity contribution >= 4 is 0 Å². The first-order valence-electron chi connectivity index (χ1n) is 7.27. The second-order valence-corrected chi connectivity index (χ2v) is 5.19. The highest BCUT2D eigenvalue weighted by Gasteiger charge is 2.17. The molecule has 1 saturated heterocycles. The molecule has 0 amide bonds. The minimum atomic E-state index is 0.171. The molecule has 2 atom stereocenters. The van der Waals surface area contributed by atoms with Crippen molar-refractivity contribution in [3.63, 3.8) is 0 Å². The Morgan fingerprint density at radius 3 is 2.78 bits per heavy atom. The second-order valence-electron chi connectivity index (χ2n) is 5.19. The Labute approximate surface area is 112 Å². The van der Waals surface area contributed by atoms with Crippen molar-refractivity contribution in [3.8, 4) is 0 Å². The summed E-state index contributed by atoms with van der Waals surface area (Å²) in [6.07, 6.45) is 5.27. The van der Waals surface area contributed by atoms with Crippen molar-refractivity contribution in [2.75, 3.05) is 47.0 Å². The molecule has 2 unspecified atom stereocenters. The number of likely N-dealkylation sites (tertiary alicyclic amines) is 1. The lowest BCUT2D eigenvalue weighted by Gasteiger charge is -2.21. The number of rotatable bonds is 8. The second kappa shape index (κ2) is 9.73. The van der Waals surface area contributed by atoms with Crippen molar-refractivity contribution in [1.29, 1.82) is 0 Å². The Morgan fingerprint density at radius 1 is 1.28 bits per heavy atom. The van der Waals surface area contributed by atoms with E-state index in [0.717, 1.165) is 6.54 Å². The standard InChI is InChI=1S/C14H30N2O2/c1-4-8-16-9-5-6-13(7-10-16)15-11-14(18-3)12-17-2/h13-15H,4-12H2,1-3H3. The fraction of sp³-hybridized carbons (Fsp3) is 1.00. The van der Waals surface area contributed by atoms with Gasteiger partial charge in [-0.15, -0.1) is 0 Å². The van der Waals surface area contributed by atoms with Gasteiger partial charge in [0, 0.05) is 26.8 Å². The Balaban J connectivity index is 2.22. The molecular weight excluding hydrogens is 228 g/mol. The molecule has 1 aliphatic heterocycles. The van der Waals surface area contributed by atoms with E-state index in [1.54, 1.807) is 14.2 Å². The van der Waals surface area contributed by atoms with Crippen molar-refractivity contribution < 1.29 is 9.47 Å². The van der Waals surface area contributed by atoms with E-state index in [4.69, 9.17) is 9.47 Å². The first-order valence-corrected chi connectivity index (χ1v) is 7.27. The summed E-state index contributed by atoms with van der Waals surface area (Å²) in [5.74, 6) is 0. The van der Waals surface area contributed by atoms with Gasteiger partial charge >= 0.3 is 0 Å².